The first-order valence-electron chi connectivity index (χ1n) is 12.7. The SMILES string of the molecule is N#COc1ccc(Cc2ccc(CCCCCc3ccc(Cc4ccc(N=C=O)cc4)cc3)cc2)cc1. The highest BCUT2D eigenvalue weighted by Crippen LogP contribution is 2.18. The van der Waals surface area contributed by atoms with Crippen LogP contribution in [0, 0.1) is 11.5 Å². The molecule has 4 heteroatoms. The van der Waals surface area contributed by atoms with Gasteiger partial charge in [-0.15, -0.1) is 5.26 Å². The van der Waals surface area contributed by atoms with Crippen LogP contribution in [0.4, 0.5) is 5.69 Å². The molecule has 0 unspecified atom stereocenters. The number of benzene rings is 4. The Balaban J connectivity index is 1.15. The zero-order valence-electron chi connectivity index (χ0n) is 20.9. The summed E-state index contributed by atoms with van der Waals surface area (Å²) in [4.78, 5) is 14.0. The van der Waals surface area contributed by atoms with E-state index in [0.29, 0.717) is 11.4 Å². The molecule has 37 heavy (non-hydrogen) atoms. The molecule has 4 aromatic carbocycles. The van der Waals surface area contributed by atoms with Gasteiger partial charge in [0.1, 0.15) is 5.75 Å². The molecule has 0 fully saturated rings. The maximum Gasteiger partial charge on any atom is 0.292 e. The summed E-state index contributed by atoms with van der Waals surface area (Å²) in [5, 5.41) is 8.58. The van der Waals surface area contributed by atoms with Crippen LogP contribution in [0.5, 0.6) is 5.75 Å². The monoisotopic (exact) mass is 486 g/mol. The molecule has 4 aromatic rings. The van der Waals surface area contributed by atoms with E-state index in [2.05, 4.69) is 53.5 Å². The Kier molecular flexibility index (Phi) is 9.42. The molecule has 0 atom stereocenters. The van der Waals surface area contributed by atoms with E-state index in [1.54, 1.807) is 12.3 Å². The molecule has 0 aliphatic heterocycles. The number of hydrogen-bond acceptors (Lipinski definition) is 4. The van der Waals surface area contributed by atoms with Crippen LogP contribution in [-0.4, -0.2) is 6.08 Å². The Morgan fingerprint density at radius 3 is 1.41 bits per heavy atom. The highest BCUT2D eigenvalue weighted by Gasteiger charge is 2.02. The average molecular weight is 487 g/mol. The third kappa shape index (κ3) is 8.32. The van der Waals surface area contributed by atoms with E-state index < -0.39 is 0 Å². The molecular formula is C33H30N2O2. The molecule has 0 saturated carbocycles. The third-order valence-corrected chi connectivity index (χ3v) is 6.49. The first kappa shape index (κ1) is 25.6. The summed E-state index contributed by atoms with van der Waals surface area (Å²) in [7, 11) is 0. The van der Waals surface area contributed by atoms with E-state index in [1.807, 2.05) is 48.5 Å². The molecule has 4 rings (SSSR count). The van der Waals surface area contributed by atoms with Crippen LogP contribution in [0.2, 0.25) is 0 Å². The number of hydrogen-bond donors (Lipinski definition) is 0. The summed E-state index contributed by atoms with van der Waals surface area (Å²) in [6.45, 7) is 0. The van der Waals surface area contributed by atoms with Crippen LogP contribution < -0.4 is 4.74 Å². The summed E-state index contributed by atoms with van der Waals surface area (Å²) in [6.07, 6.45) is 10.8. The van der Waals surface area contributed by atoms with Crippen molar-refractivity contribution in [3.63, 3.8) is 0 Å². The number of rotatable bonds is 12. The lowest BCUT2D eigenvalue weighted by molar-refractivity contribution is 0.507. The van der Waals surface area contributed by atoms with E-state index in [4.69, 9.17) is 10.00 Å². The third-order valence-electron chi connectivity index (χ3n) is 6.49. The summed E-state index contributed by atoms with van der Waals surface area (Å²) in [5.41, 5.74) is 8.37. The van der Waals surface area contributed by atoms with Crippen LogP contribution in [0.25, 0.3) is 0 Å². The minimum absolute atomic E-state index is 0.574. The van der Waals surface area contributed by atoms with Crippen LogP contribution in [0.3, 0.4) is 0 Å². The second-order valence-electron chi connectivity index (χ2n) is 9.25. The maximum absolute atomic E-state index is 10.3. The fraction of sp³-hybridized carbons (Fsp3) is 0.212. The fourth-order valence-electron chi connectivity index (χ4n) is 4.42. The van der Waals surface area contributed by atoms with Gasteiger partial charge in [0.05, 0.1) is 5.69 Å². The summed E-state index contributed by atoms with van der Waals surface area (Å²) in [5.74, 6) is 0.574. The van der Waals surface area contributed by atoms with Gasteiger partial charge in [-0.1, -0.05) is 79.2 Å². The van der Waals surface area contributed by atoms with E-state index in [-0.39, 0.29) is 0 Å². The normalized spacial score (nSPS) is 10.4. The van der Waals surface area contributed by atoms with Crippen molar-refractivity contribution in [1.29, 1.82) is 5.26 Å². The Morgan fingerprint density at radius 1 is 0.568 bits per heavy atom. The lowest BCUT2D eigenvalue weighted by atomic mass is 9.99. The highest BCUT2D eigenvalue weighted by molar-refractivity contribution is 5.49. The van der Waals surface area contributed by atoms with Crippen LogP contribution >= 0.6 is 0 Å². The molecule has 0 N–H and O–H groups in total. The zero-order valence-corrected chi connectivity index (χ0v) is 20.9. The number of nitrogens with zero attached hydrogens (tertiary/aromatic N) is 2. The molecule has 4 nitrogen and oxygen atoms in total. The molecule has 184 valence electrons. The summed E-state index contributed by atoms with van der Waals surface area (Å²) < 4.78 is 4.83. The van der Waals surface area contributed by atoms with Gasteiger partial charge < -0.3 is 4.74 Å². The fourth-order valence-corrected chi connectivity index (χ4v) is 4.42. The van der Waals surface area contributed by atoms with E-state index in [9.17, 15) is 4.79 Å². The second kappa shape index (κ2) is 13.6. The Morgan fingerprint density at radius 2 is 0.973 bits per heavy atom. The van der Waals surface area contributed by atoms with E-state index in [1.165, 1.54) is 52.6 Å². The average Bonchev–Trinajstić information content (AvgIpc) is 2.93. The topological polar surface area (TPSA) is 62.4 Å². The van der Waals surface area contributed by atoms with Gasteiger partial charge in [-0.25, -0.2) is 4.79 Å². The van der Waals surface area contributed by atoms with Gasteiger partial charge in [0.15, 0.2) is 0 Å². The van der Waals surface area contributed by atoms with Gasteiger partial charge in [0, 0.05) is 0 Å². The predicted octanol–water partition coefficient (Wildman–Crippen LogP) is 7.65. The van der Waals surface area contributed by atoms with Crippen LogP contribution in [-0.2, 0) is 30.5 Å². The smallest absolute Gasteiger partial charge is 0.292 e. The lowest BCUT2D eigenvalue weighted by Crippen LogP contribution is -1.92. The minimum Gasteiger partial charge on any atom is -0.388 e. The van der Waals surface area contributed by atoms with Crippen molar-refractivity contribution < 1.29 is 9.53 Å². The van der Waals surface area contributed by atoms with Crippen molar-refractivity contribution in [2.24, 2.45) is 4.99 Å². The standard InChI is InChI=1S/C33H30N2O2/c34-24-37-33-20-16-31(17-21-33)23-29-12-8-27(9-13-29)5-3-1-2-4-26-6-10-28(11-7-26)22-30-14-18-32(19-15-30)35-25-36/h6-21H,1-5,22-23H2. The molecule has 0 radical (unpaired) electrons. The summed E-state index contributed by atoms with van der Waals surface area (Å²) >= 11 is 0. The first-order chi connectivity index (χ1) is 18.2. The van der Waals surface area contributed by atoms with Gasteiger partial charge in [0.25, 0.3) is 6.26 Å². The van der Waals surface area contributed by atoms with Crippen LogP contribution in [0.15, 0.2) is 102 Å². The molecular weight excluding hydrogens is 456 g/mol. The summed E-state index contributed by atoms with van der Waals surface area (Å²) in [6, 6.07) is 33.2. The molecule has 0 aliphatic carbocycles. The van der Waals surface area contributed by atoms with Crippen molar-refractivity contribution in [3.05, 3.63) is 130 Å². The van der Waals surface area contributed by atoms with Crippen LogP contribution in [0.1, 0.15) is 52.6 Å². The maximum atomic E-state index is 10.3. The Bertz CT molecular complexity index is 1340. The van der Waals surface area contributed by atoms with Gasteiger partial charge >= 0.3 is 0 Å². The van der Waals surface area contributed by atoms with Crippen molar-refractivity contribution >= 4 is 11.8 Å². The number of ether oxygens (including phenoxy) is 1. The minimum atomic E-state index is 0.574. The van der Waals surface area contributed by atoms with Gasteiger partial charge in [-0.3, -0.25) is 0 Å². The van der Waals surface area contributed by atoms with Crippen molar-refractivity contribution in [3.8, 4) is 12.0 Å². The lowest BCUT2D eigenvalue weighted by Gasteiger charge is -2.07. The van der Waals surface area contributed by atoms with Gasteiger partial charge in [-0.05, 0) is 96.2 Å². The number of aryl methyl sites for hydroxylation is 2. The van der Waals surface area contributed by atoms with Crippen molar-refractivity contribution in [2.75, 3.05) is 0 Å². The molecule has 0 saturated heterocycles. The second-order valence-corrected chi connectivity index (χ2v) is 9.25. The number of unbranched alkanes of at least 4 members (excludes halogenated alkanes) is 2. The number of carbonyl (C=O) groups excluding carboxylic acids is 1. The van der Waals surface area contributed by atoms with Gasteiger partial charge in [0.2, 0.25) is 6.08 Å². The molecule has 0 aromatic heterocycles. The molecule has 0 heterocycles. The molecule has 0 aliphatic rings. The van der Waals surface area contributed by atoms with E-state index in [0.717, 1.165) is 25.7 Å². The Labute approximate surface area is 218 Å². The Hall–Kier alpha value is -4.45. The molecule has 0 amide bonds. The predicted molar refractivity (Wildman–Crippen MR) is 147 cm³/mol. The highest BCUT2D eigenvalue weighted by atomic mass is 16.5. The first-order valence-corrected chi connectivity index (χ1v) is 12.7. The zero-order chi connectivity index (χ0) is 25.7. The molecule has 0 bridgehead atoms. The number of aliphatic imine (C=N–C) groups is 1. The van der Waals surface area contributed by atoms with Crippen molar-refractivity contribution in [1.82, 2.24) is 0 Å². The van der Waals surface area contributed by atoms with Gasteiger partial charge in [-0.2, -0.15) is 4.99 Å². The number of nitriles is 1. The number of isocyanates is 1. The quantitative estimate of drug-likeness (QED) is 0.0894. The van der Waals surface area contributed by atoms with Crippen molar-refractivity contribution in [2.45, 2.75) is 44.9 Å². The largest absolute Gasteiger partial charge is 0.388 e. The molecule has 0 spiro atoms. The van der Waals surface area contributed by atoms with E-state index >= 15 is 0 Å².